The molecule has 4 nitrogen and oxygen atoms in total. The van der Waals surface area contributed by atoms with E-state index < -0.39 is 0 Å². The molecule has 0 fully saturated rings. The van der Waals surface area contributed by atoms with Gasteiger partial charge < -0.3 is 10.4 Å². The van der Waals surface area contributed by atoms with Crippen molar-refractivity contribution in [3.05, 3.63) is 83.0 Å². The van der Waals surface area contributed by atoms with Crippen LogP contribution in [0.15, 0.2) is 60.8 Å². The SMILES string of the molecule is Cc1ccc(CO)cc1NC(=O)c1cccc(-c2ccccn2)c1C. The van der Waals surface area contributed by atoms with E-state index in [1.54, 1.807) is 12.3 Å². The van der Waals surface area contributed by atoms with Crippen LogP contribution < -0.4 is 5.32 Å². The van der Waals surface area contributed by atoms with Gasteiger partial charge in [0, 0.05) is 23.0 Å². The van der Waals surface area contributed by atoms with Gasteiger partial charge in [-0.1, -0.05) is 30.3 Å². The van der Waals surface area contributed by atoms with Crippen LogP contribution in [0, 0.1) is 13.8 Å². The molecule has 3 aromatic rings. The molecule has 0 aliphatic heterocycles. The third kappa shape index (κ3) is 3.59. The lowest BCUT2D eigenvalue weighted by Gasteiger charge is -2.13. The van der Waals surface area contributed by atoms with Crippen molar-refractivity contribution in [2.75, 3.05) is 5.32 Å². The number of aliphatic hydroxyl groups is 1. The molecule has 0 saturated carbocycles. The molecular formula is C21H20N2O2. The van der Waals surface area contributed by atoms with E-state index in [9.17, 15) is 9.90 Å². The zero-order valence-electron chi connectivity index (χ0n) is 14.3. The van der Waals surface area contributed by atoms with Crippen molar-refractivity contribution in [3.8, 4) is 11.3 Å². The van der Waals surface area contributed by atoms with E-state index >= 15 is 0 Å². The number of rotatable bonds is 4. The number of pyridine rings is 1. The lowest BCUT2D eigenvalue weighted by atomic mass is 9.99. The van der Waals surface area contributed by atoms with E-state index in [1.807, 2.05) is 62.4 Å². The van der Waals surface area contributed by atoms with Crippen LogP contribution >= 0.6 is 0 Å². The quantitative estimate of drug-likeness (QED) is 0.756. The molecule has 2 N–H and O–H groups in total. The third-order valence-electron chi connectivity index (χ3n) is 4.25. The molecule has 0 aliphatic carbocycles. The topological polar surface area (TPSA) is 62.2 Å². The highest BCUT2D eigenvalue weighted by Crippen LogP contribution is 2.25. The van der Waals surface area contributed by atoms with E-state index in [1.165, 1.54) is 0 Å². The minimum Gasteiger partial charge on any atom is -0.392 e. The number of nitrogens with one attached hydrogen (secondary N) is 1. The van der Waals surface area contributed by atoms with Crippen molar-refractivity contribution in [3.63, 3.8) is 0 Å². The van der Waals surface area contributed by atoms with Gasteiger partial charge >= 0.3 is 0 Å². The average molecular weight is 332 g/mol. The summed E-state index contributed by atoms with van der Waals surface area (Å²) in [7, 11) is 0. The third-order valence-corrected chi connectivity index (χ3v) is 4.25. The lowest BCUT2D eigenvalue weighted by molar-refractivity contribution is 0.102. The standard InChI is InChI=1S/C21H20N2O2/c1-14-9-10-16(13-24)12-20(14)23-21(25)18-7-5-6-17(15(18)2)19-8-3-4-11-22-19/h3-12,24H,13H2,1-2H3,(H,23,25). The number of aliphatic hydroxyl groups excluding tert-OH is 1. The first-order valence-electron chi connectivity index (χ1n) is 8.13. The van der Waals surface area contributed by atoms with Crippen LogP contribution in [-0.4, -0.2) is 16.0 Å². The molecule has 0 radical (unpaired) electrons. The number of aromatic nitrogens is 1. The number of benzene rings is 2. The number of carbonyl (C=O) groups excluding carboxylic acids is 1. The van der Waals surface area contributed by atoms with Gasteiger partial charge in [-0.15, -0.1) is 0 Å². The maximum absolute atomic E-state index is 12.8. The first kappa shape index (κ1) is 16.9. The Labute approximate surface area is 147 Å². The molecule has 1 aromatic heterocycles. The molecule has 2 aromatic carbocycles. The van der Waals surface area contributed by atoms with Crippen molar-refractivity contribution in [1.29, 1.82) is 0 Å². The minimum absolute atomic E-state index is 0.0582. The summed E-state index contributed by atoms with van der Waals surface area (Å²) in [6, 6.07) is 16.9. The fourth-order valence-electron chi connectivity index (χ4n) is 2.77. The van der Waals surface area contributed by atoms with Gasteiger partial charge in [0.25, 0.3) is 5.91 Å². The highest BCUT2D eigenvalue weighted by atomic mass is 16.3. The molecule has 126 valence electrons. The van der Waals surface area contributed by atoms with Crippen LogP contribution in [0.4, 0.5) is 5.69 Å². The molecule has 25 heavy (non-hydrogen) atoms. The van der Waals surface area contributed by atoms with E-state index in [-0.39, 0.29) is 12.5 Å². The lowest BCUT2D eigenvalue weighted by Crippen LogP contribution is -2.15. The maximum Gasteiger partial charge on any atom is 0.255 e. The Balaban J connectivity index is 1.93. The number of hydrogen-bond donors (Lipinski definition) is 2. The van der Waals surface area contributed by atoms with Crippen LogP contribution in [-0.2, 0) is 6.61 Å². The van der Waals surface area contributed by atoms with Gasteiger partial charge in [-0.25, -0.2) is 0 Å². The minimum atomic E-state index is -0.173. The molecular weight excluding hydrogens is 312 g/mol. The monoisotopic (exact) mass is 332 g/mol. The predicted octanol–water partition coefficient (Wildman–Crippen LogP) is 4.11. The number of aryl methyl sites for hydroxylation is 1. The molecule has 0 bridgehead atoms. The second kappa shape index (κ2) is 7.28. The summed E-state index contributed by atoms with van der Waals surface area (Å²) in [6.45, 7) is 3.79. The summed E-state index contributed by atoms with van der Waals surface area (Å²) < 4.78 is 0. The second-order valence-corrected chi connectivity index (χ2v) is 5.95. The Hall–Kier alpha value is -2.98. The summed E-state index contributed by atoms with van der Waals surface area (Å²) in [4.78, 5) is 17.1. The van der Waals surface area contributed by atoms with Crippen molar-refractivity contribution in [1.82, 2.24) is 4.98 Å². The molecule has 1 heterocycles. The highest BCUT2D eigenvalue weighted by Gasteiger charge is 2.14. The summed E-state index contributed by atoms with van der Waals surface area (Å²) >= 11 is 0. The van der Waals surface area contributed by atoms with Gasteiger partial charge in [0.1, 0.15) is 0 Å². The summed E-state index contributed by atoms with van der Waals surface area (Å²) in [5.41, 5.74) is 5.69. The Morgan fingerprint density at radius 1 is 1.08 bits per heavy atom. The molecule has 0 spiro atoms. The Morgan fingerprint density at radius 2 is 1.92 bits per heavy atom. The van der Waals surface area contributed by atoms with Crippen LogP contribution in [0.1, 0.15) is 27.0 Å². The summed E-state index contributed by atoms with van der Waals surface area (Å²) in [5, 5.41) is 12.2. The van der Waals surface area contributed by atoms with Crippen LogP contribution in [0.25, 0.3) is 11.3 Å². The maximum atomic E-state index is 12.8. The highest BCUT2D eigenvalue weighted by molar-refractivity contribution is 6.06. The van der Waals surface area contributed by atoms with Crippen molar-refractivity contribution in [2.24, 2.45) is 0 Å². The molecule has 4 heteroatoms. The van der Waals surface area contributed by atoms with Gasteiger partial charge in [0.2, 0.25) is 0 Å². The molecule has 1 amide bonds. The normalized spacial score (nSPS) is 10.5. The first-order valence-corrected chi connectivity index (χ1v) is 8.13. The molecule has 0 unspecified atom stereocenters. The zero-order chi connectivity index (χ0) is 17.8. The Bertz CT molecular complexity index is 905. The molecule has 0 aliphatic rings. The Kier molecular flexibility index (Phi) is 4.91. The van der Waals surface area contributed by atoms with Gasteiger partial charge in [-0.3, -0.25) is 9.78 Å². The van der Waals surface area contributed by atoms with Crippen LogP contribution in [0.5, 0.6) is 0 Å². The van der Waals surface area contributed by atoms with Gasteiger partial charge in [0.15, 0.2) is 0 Å². The van der Waals surface area contributed by atoms with E-state index in [4.69, 9.17) is 0 Å². The van der Waals surface area contributed by atoms with E-state index in [2.05, 4.69) is 10.3 Å². The number of anilines is 1. The fourth-order valence-corrected chi connectivity index (χ4v) is 2.77. The predicted molar refractivity (Wildman–Crippen MR) is 99.5 cm³/mol. The van der Waals surface area contributed by atoms with Crippen molar-refractivity contribution < 1.29 is 9.90 Å². The molecule has 3 rings (SSSR count). The fraction of sp³-hybridized carbons (Fsp3) is 0.143. The summed E-state index contributed by atoms with van der Waals surface area (Å²) in [6.07, 6.45) is 1.74. The van der Waals surface area contributed by atoms with Gasteiger partial charge in [-0.05, 0) is 54.8 Å². The van der Waals surface area contributed by atoms with Gasteiger partial charge in [-0.2, -0.15) is 0 Å². The van der Waals surface area contributed by atoms with Crippen LogP contribution in [0.3, 0.4) is 0 Å². The van der Waals surface area contributed by atoms with Crippen LogP contribution in [0.2, 0.25) is 0 Å². The van der Waals surface area contributed by atoms with Crippen molar-refractivity contribution in [2.45, 2.75) is 20.5 Å². The zero-order valence-corrected chi connectivity index (χ0v) is 14.3. The van der Waals surface area contributed by atoms with Crippen molar-refractivity contribution >= 4 is 11.6 Å². The number of amides is 1. The first-order chi connectivity index (χ1) is 12.1. The molecule has 0 atom stereocenters. The van der Waals surface area contributed by atoms with E-state index in [0.29, 0.717) is 11.3 Å². The number of hydrogen-bond acceptors (Lipinski definition) is 3. The average Bonchev–Trinajstić information content (AvgIpc) is 2.64. The van der Waals surface area contributed by atoms with E-state index in [0.717, 1.165) is 27.9 Å². The number of carbonyl (C=O) groups is 1. The number of nitrogens with zero attached hydrogens (tertiary/aromatic N) is 1. The Morgan fingerprint density at radius 3 is 2.64 bits per heavy atom. The van der Waals surface area contributed by atoms with Gasteiger partial charge in [0.05, 0.1) is 12.3 Å². The smallest absolute Gasteiger partial charge is 0.255 e. The second-order valence-electron chi connectivity index (χ2n) is 5.95. The largest absolute Gasteiger partial charge is 0.392 e. The summed E-state index contributed by atoms with van der Waals surface area (Å²) in [5.74, 6) is -0.173. The molecule has 0 saturated heterocycles.